The molecule has 112 valence electrons. The number of ether oxygens (including phenoxy) is 1. The van der Waals surface area contributed by atoms with Gasteiger partial charge in [0, 0.05) is 0 Å². The van der Waals surface area contributed by atoms with Gasteiger partial charge in [-0.05, 0) is 53.3 Å². The molecule has 0 amide bonds. The zero-order valence-corrected chi connectivity index (χ0v) is 13.6. The van der Waals surface area contributed by atoms with Crippen LogP contribution in [-0.2, 0) is 0 Å². The maximum atomic E-state index is 9.47. The number of allylic oxidation sites excluding steroid dienone is 1. The summed E-state index contributed by atoms with van der Waals surface area (Å²) in [5.41, 5.74) is 4.93. The molecule has 2 nitrogen and oxygen atoms in total. The van der Waals surface area contributed by atoms with Gasteiger partial charge >= 0.3 is 0 Å². The van der Waals surface area contributed by atoms with E-state index >= 15 is 0 Å². The molecule has 0 N–H and O–H groups in total. The zero-order chi connectivity index (χ0) is 16.1. The maximum Gasteiger partial charge on any atom is 0.122 e. The Labute approximate surface area is 132 Å². The van der Waals surface area contributed by atoms with Crippen molar-refractivity contribution < 1.29 is 4.74 Å². The fraction of sp³-hybridized carbons (Fsp3) is 0.250. The molecule has 0 aliphatic carbocycles. The van der Waals surface area contributed by atoms with E-state index in [1.165, 1.54) is 0 Å². The molecule has 0 spiro atoms. The third-order valence-corrected chi connectivity index (χ3v) is 3.75. The van der Waals surface area contributed by atoms with Gasteiger partial charge in [0.05, 0.1) is 18.8 Å². The third-order valence-electron chi connectivity index (χ3n) is 3.75. The van der Waals surface area contributed by atoms with Gasteiger partial charge in [0.2, 0.25) is 0 Å². The first-order valence-electron chi connectivity index (χ1n) is 7.42. The number of aryl methyl sites for hydroxylation is 1. The molecule has 0 radical (unpaired) electrons. The van der Waals surface area contributed by atoms with E-state index in [0.717, 1.165) is 28.0 Å². The summed E-state index contributed by atoms with van der Waals surface area (Å²) in [6.45, 7) is 6.32. The lowest BCUT2D eigenvalue weighted by Crippen LogP contribution is -1.97. The molecule has 0 unspecified atom stereocenters. The van der Waals surface area contributed by atoms with Crippen molar-refractivity contribution >= 4 is 11.6 Å². The molecule has 2 heteroatoms. The summed E-state index contributed by atoms with van der Waals surface area (Å²) in [5.74, 6) is 1.27. The SMILES string of the molecule is COc1cc(C)c(/C=C(\C#N)c2ccccc2)cc1C(C)C. The van der Waals surface area contributed by atoms with Crippen molar-refractivity contribution in [1.82, 2.24) is 0 Å². The number of nitrogens with zero attached hydrogens (tertiary/aromatic N) is 1. The molecule has 0 bridgehead atoms. The van der Waals surface area contributed by atoms with E-state index in [1.54, 1.807) is 7.11 Å². The van der Waals surface area contributed by atoms with Crippen LogP contribution in [0.15, 0.2) is 42.5 Å². The molecule has 0 aromatic heterocycles. The molecule has 0 saturated heterocycles. The molecule has 0 atom stereocenters. The van der Waals surface area contributed by atoms with Gasteiger partial charge in [0.15, 0.2) is 0 Å². The van der Waals surface area contributed by atoms with Gasteiger partial charge in [0.1, 0.15) is 5.75 Å². The minimum Gasteiger partial charge on any atom is -0.496 e. The molecule has 0 heterocycles. The number of hydrogen-bond acceptors (Lipinski definition) is 2. The highest BCUT2D eigenvalue weighted by Crippen LogP contribution is 2.31. The van der Waals surface area contributed by atoms with Crippen LogP contribution in [0.4, 0.5) is 0 Å². The first-order chi connectivity index (χ1) is 10.6. The van der Waals surface area contributed by atoms with Crippen LogP contribution in [0.1, 0.15) is 42.0 Å². The van der Waals surface area contributed by atoms with E-state index in [4.69, 9.17) is 4.74 Å². The van der Waals surface area contributed by atoms with Crippen LogP contribution < -0.4 is 4.74 Å². The Bertz CT molecular complexity index is 721. The van der Waals surface area contributed by atoms with E-state index < -0.39 is 0 Å². The normalized spacial score (nSPS) is 11.4. The van der Waals surface area contributed by atoms with Gasteiger partial charge < -0.3 is 4.74 Å². The largest absolute Gasteiger partial charge is 0.496 e. The average Bonchev–Trinajstić information content (AvgIpc) is 2.53. The predicted molar refractivity (Wildman–Crippen MR) is 91.7 cm³/mol. The number of benzene rings is 2. The van der Waals surface area contributed by atoms with Crippen LogP contribution in [-0.4, -0.2) is 7.11 Å². The molecule has 2 aromatic carbocycles. The minimum absolute atomic E-state index is 0.366. The fourth-order valence-corrected chi connectivity index (χ4v) is 2.45. The van der Waals surface area contributed by atoms with Gasteiger partial charge in [-0.3, -0.25) is 0 Å². The number of methoxy groups -OCH3 is 1. The number of rotatable bonds is 4. The van der Waals surface area contributed by atoms with Crippen molar-refractivity contribution in [1.29, 1.82) is 5.26 Å². The summed E-state index contributed by atoms with van der Waals surface area (Å²) < 4.78 is 5.47. The van der Waals surface area contributed by atoms with Gasteiger partial charge in [-0.2, -0.15) is 5.26 Å². The Morgan fingerprint density at radius 3 is 2.41 bits per heavy atom. The van der Waals surface area contributed by atoms with Crippen LogP contribution >= 0.6 is 0 Å². The Morgan fingerprint density at radius 1 is 1.18 bits per heavy atom. The lowest BCUT2D eigenvalue weighted by atomic mass is 9.94. The monoisotopic (exact) mass is 291 g/mol. The molecule has 0 fully saturated rings. The van der Waals surface area contributed by atoms with Gasteiger partial charge in [-0.1, -0.05) is 44.2 Å². The third kappa shape index (κ3) is 3.38. The smallest absolute Gasteiger partial charge is 0.122 e. The summed E-state index contributed by atoms with van der Waals surface area (Å²) in [6.07, 6.45) is 1.95. The van der Waals surface area contributed by atoms with E-state index in [2.05, 4.69) is 26.0 Å². The highest BCUT2D eigenvalue weighted by molar-refractivity contribution is 5.90. The lowest BCUT2D eigenvalue weighted by Gasteiger charge is -2.15. The average molecular weight is 291 g/mol. The van der Waals surface area contributed by atoms with Crippen LogP contribution in [0.3, 0.4) is 0 Å². The highest BCUT2D eigenvalue weighted by atomic mass is 16.5. The molecule has 2 rings (SSSR count). The second-order valence-corrected chi connectivity index (χ2v) is 5.64. The first-order valence-corrected chi connectivity index (χ1v) is 7.42. The fourth-order valence-electron chi connectivity index (χ4n) is 2.45. The molecule has 22 heavy (non-hydrogen) atoms. The molecule has 0 aliphatic heterocycles. The van der Waals surface area contributed by atoms with Crippen LogP contribution in [0.25, 0.3) is 11.6 Å². The van der Waals surface area contributed by atoms with Crippen molar-refractivity contribution in [2.75, 3.05) is 7.11 Å². The van der Waals surface area contributed by atoms with E-state index in [0.29, 0.717) is 11.5 Å². The second kappa shape index (κ2) is 6.95. The minimum atomic E-state index is 0.366. The van der Waals surface area contributed by atoms with Crippen LogP contribution in [0.2, 0.25) is 0 Å². The van der Waals surface area contributed by atoms with Gasteiger partial charge in [-0.25, -0.2) is 0 Å². The summed E-state index contributed by atoms with van der Waals surface area (Å²) in [4.78, 5) is 0. The standard InChI is InChI=1S/C20H21NO/c1-14(2)19-12-17(15(3)10-20(19)22-4)11-18(13-21)16-8-6-5-7-9-16/h5-12,14H,1-4H3/b18-11+. The molecular formula is C20H21NO. The Kier molecular flexibility index (Phi) is 5.01. The van der Waals surface area contributed by atoms with E-state index in [-0.39, 0.29) is 0 Å². The van der Waals surface area contributed by atoms with E-state index in [9.17, 15) is 5.26 Å². The summed E-state index contributed by atoms with van der Waals surface area (Å²) >= 11 is 0. The first kappa shape index (κ1) is 15.9. The molecular weight excluding hydrogens is 270 g/mol. The van der Waals surface area contributed by atoms with Gasteiger partial charge in [0.25, 0.3) is 0 Å². The van der Waals surface area contributed by atoms with E-state index in [1.807, 2.05) is 49.4 Å². The maximum absolute atomic E-state index is 9.47. The topological polar surface area (TPSA) is 33.0 Å². The molecule has 0 saturated carbocycles. The summed E-state index contributed by atoms with van der Waals surface area (Å²) in [7, 11) is 1.70. The number of nitriles is 1. The predicted octanol–water partition coefficient (Wildman–Crippen LogP) is 5.19. The molecule has 0 aliphatic rings. The zero-order valence-electron chi connectivity index (χ0n) is 13.6. The second-order valence-electron chi connectivity index (χ2n) is 5.64. The number of hydrogen-bond donors (Lipinski definition) is 0. The van der Waals surface area contributed by atoms with Gasteiger partial charge in [-0.15, -0.1) is 0 Å². The quantitative estimate of drug-likeness (QED) is 0.573. The Balaban J connectivity index is 2.55. The Morgan fingerprint density at radius 2 is 1.86 bits per heavy atom. The van der Waals surface area contributed by atoms with Crippen LogP contribution in [0.5, 0.6) is 5.75 Å². The summed E-state index contributed by atoms with van der Waals surface area (Å²) in [5, 5.41) is 9.47. The highest BCUT2D eigenvalue weighted by Gasteiger charge is 2.11. The summed E-state index contributed by atoms with van der Waals surface area (Å²) in [6, 6.07) is 16.2. The van der Waals surface area contributed by atoms with Crippen molar-refractivity contribution in [3.05, 3.63) is 64.7 Å². The van der Waals surface area contributed by atoms with Crippen molar-refractivity contribution in [3.8, 4) is 11.8 Å². The lowest BCUT2D eigenvalue weighted by molar-refractivity contribution is 0.407. The Hall–Kier alpha value is -2.53. The van der Waals surface area contributed by atoms with Crippen molar-refractivity contribution in [2.24, 2.45) is 0 Å². The van der Waals surface area contributed by atoms with Crippen LogP contribution in [0, 0.1) is 18.3 Å². The molecule has 2 aromatic rings. The van der Waals surface area contributed by atoms with Crippen molar-refractivity contribution in [3.63, 3.8) is 0 Å². The van der Waals surface area contributed by atoms with Crippen molar-refractivity contribution in [2.45, 2.75) is 26.7 Å².